The fourth-order valence-electron chi connectivity index (χ4n) is 3.88. The van der Waals surface area contributed by atoms with Gasteiger partial charge in [-0.05, 0) is 43.5 Å². The van der Waals surface area contributed by atoms with Gasteiger partial charge in [-0.2, -0.15) is 4.31 Å². The van der Waals surface area contributed by atoms with Crippen molar-refractivity contribution in [2.75, 3.05) is 20.8 Å². The summed E-state index contributed by atoms with van der Waals surface area (Å²) >= 11 is 0. The van der Waals surface area contributed by atoms with Crippen molar-refractivity contribution in [1.82, 2.24) is 4.31 Å². The number of nitrogens with zero attached hydrogens (tertiary/aromatic N) is 1. The summed E-state index contributed by atoms with van der Waals surface area (Å²) in [5.74, 6) is 0.123. The zero-order valence-electron chi connectivity index (χ0n) is 17.7. The molecule has 0 amide bonds. The van der Waals surface area contributed by atoms with Crippen LogP contribution in [0.5, 0.6) is 17.2 Å². The molecule has 1 aliphatic heterocycles. The van der Waals surface area contributed by atoms with Gasteiger partial charge in [0, 0.05) is 12.1 Å². The second kappa shape index (κ2) is 9.07. The molecule has 2 aromatic rings. The molecule has 3 rings (SSSR count). The summed E-state index contributed by atoms with van der Waals surface area (Å²) in [5, 5.41) is 0. The van der Waals surface area contributed by atoms with Gasteiger partial charge in [-0.25, -0.2) is 13.2 Å². The van der Waals surface area contributed by atoms with Gasteiger partial charge in [0.05, 0.1) is 19.1 Å². The van der Waals surface area contributed by atoms with Crippen LogP contribution in [-0.2, 0) is 14.8 Å². The van der Waals surface area contributed by atoms with Crippen molar-refractivity contribution in [2.45, 2.75) is 36.6 Å². The molecule has 0 bridgehead atoms. The predicted molar refractivity (Wildman–Crippen MR) is 113 cm³/mol. The minimum atomic E-state index is -3.99. The van der Waals surface area contributed by atoms with E-state index in [1.165, 1.54) is 42.8 Å². The third-order valence-corrected chi connectivity index (χ3v) is 7.55. The number of hydrogen-bond donors (Lipinski definition) is 0. The van der Waals surface area contributed by atoms with E-state index in [4.69, 9.17) is 14.2 Å². The Morgan fingerprint density at radius 3 is 2.35 bits per heavy atom. The van der Waals surface area contributed by atoms with Crippen LogP contribution in [0.2, 0.25) is 0 Å². The number of esters is 1. The SMILES string of the molecule is CC[C@@]1(C(=O)Oc2cccc(OC)c2OC)CCCN1S(=O)(=O)c1ccc(C=O)cc1. The molecule has 0 unspecified atom stereocenters. The molecule has 166 valence electrons. The molecule has 0 aliphatic carbocycles. The quantitative estimate of drug-likeness (QED) is 0.348. The van der Waals surface area contributed by atoms with E-state index >= 15 is 0 Å². The lowest BCUT2D eigenvalue weighted by atomic mass is 9.94. The first-order valence-corrected chi connectivity index (χ1v) is 11.3. The van der Waals surface area contributed by atoms with Gasteiger partial charge in [-0.1, -0.05) is 25.1 Å². The van der Waals surface area contributed by atoms with E-state index in [9.17, 15) is 18.0 Å². The molecule has 0 spiro atoms. The third-order valence-electron chi connectivity index (χ3n) is 5.57. The first-order chi connectivity index (χ1) is 14.8. The van der Waals surface area contributed by atoms with Crippen LogP contribution in [0.25, 0.3) is 0 Å². The van der Waals surface area contributed by atoms with E-state index in [0.29, 0.717) is 30.4 Å². The van der Waals surface area contributed by atoms with Gasteiger partial charge in [0.15, 0.2) is 11.5 Å². The van der Waals surface area contributed by atoms with Crippen molar-refractivity contribution in [3.8, 4) is 17.2 Å². The van der Waals surface area contributed by atoms with Gasteiger partial charge >= 0.3 is 5.97 Å². The number of hydrogen-bond acceptors (Lipinski definition) is 7. The Hall–Kier alpha value is -2.91. The van der Waals surface area contributed by atoms with Gasteiger partial charge in [0.25, 0.3) is 0 Å². The Morgan fingerprint density at radius 1 is 1.10 bits per heavy atom. The predicted octanol–water partition coefficient (Wildman–Crippen LogP) is 3.06. The molecule has 1 atom stereocenters. The number of carbonyl (C=O) groups excluding carboxylic acids is 2. The van der Waals surface area contributed by atoms with Gasteiger partial charge in [0.2, 0.25) is 15.8 Å². The fourth-order valence-corrected chi connectivity index (χ4v) is 5.74. The van der Waals surface area contributed by atoms with Crippen molar-refractivity contribution < 1.29 is 32.2 Å². The van der Waals surface area contributed by atoms with Crippen LogP contribution in [0.15, 0.2) is 47.4 Å². The normalized spacial score (nSPS) is 19.1. The van der Waals surface area contributed by atoms with Crippen molar-refractivity contribution in [2.24, 2.45) is 0 Å². The molecule has 31 heavy (non-hydrogen) atoms. The Morgan fingerprint density at radius 2 is 1.77 bits per heavy atom. The number of rotatable bonds is 8. The molecule has 1 heterocycles. The molecule has 1 aliphatic rings. The van der Waals surface area contributed by atoms with E-state index in [1.807, 2.05) is 0 Å². The molecule has 0 radical (unpaired) electrons. The Bertz CT molecular complexity index is 1070. The summed E-state index contributed by atoms with van der Waals surface area (Å²) in [6.07, 6.45) is 1.73. The second-order valence-corrected chi connectivity index (χ2v) is 9.00. The van der Waals surface area contributed by atoms with E-state index < -0.39 is 21.5 Å². The highest BCUT2D eigenvalue weighted by Crippen LogP contribution is 2.41. The first-order valence-electron chi connectivity index (χ1n) is 9.85. The minimum absolute atomic E-state index is 0.0181. The monoisotopic (exact) mass is 447 g/mol. The number of ether oxygens (including phenoxy) is 3. The largest absolute Gasteiger partial charge is 0.493 e. The smallest absolute Gasteiger partial charge is 0.333 e. The summed E-state index contributed by atoms with van der Waals surface area (Å²) in [4.78, 5) is 24.3. The molecule has 1 saturated heterocycles. The first kappa shape index (κ1) is 22.8. The molecule has 1 fully saturated rings. The van der Waals surface area contributed by atoms with Gasteiger partial charge in [0.1, 0.15) is 11.8 Å². The second-order valence-electron chi connectivity index (χ2n) is 7.13. The molecule has 0 N–H and O–H groups in total. The van der Waals surface area contributed by atoms with Gasteiger partial charge < -0.3 is 14.2 Å². The maximum atomic E-state index is 13.4. The summed E-state index contributed by atoms with van der Waals surface area (Å²) in [6.45, 7) is 1.95. The molecule has 0 aromatic heterocycles. The highest BCUT2D eigenvalue weighted by atomic mass is 32.2. The van der Waals surface area contributed by atoms with Crippen molar-refractivity contribution in [3.05, 3.63) is 48.0 Å². The average Bonchev–Trinajstić information content (AvgIpc) is 3.25. The number of para-hydroxylation sites is 1. The van der Waals surface area contributed by atoms with Crippen LogP contribution in [0.1, 0.15) is 36.5 Å². The van der Waals surface area contributed by atoms with Gasteiger partial charge in [-0.3, -0.25) is 4.79 Å². The summed E-state index contributed by atoms with van der Waals surface area (Å²) < 4.78 is 44.2. The lowest BCUT2D eigenvalue weighted by Gasteiger charge is -2.34. The minimum Gasteiger partial charge on any atom is -0.493 e. The highest BCUT2D eigenvalue weighted by molar-refractivity contribution is 7.89. The van der Waals surface area contributed by atoms with Crippen LogP contribution in [-0.4, -0.2) is 51.3 Å². The standard InChI is InChI=1S/C22H25NO7S/c1-4-22(21(25)30-19-8-5-7-18(28-2)20(19)29-3)13-6-14-23(22)31(26,27)17-11-9-16(15-24)10-12-17/h5,7-12,15H,4,6,13-14H2,1-3H3/t22-/m0/s1. The van der Waals surface area contributed by atoms with Crippen LogP contribution < -0.4 is 14.2 Å². The van der Waals surface area contributed by atoms with E-state index in [2.05, 4.69) is 0 Å². The number of methoxy groups -OCH3 is 2. The molecule has 9 heteroatoms. The molecule has 0 saturated carbocycles. The topological polar surface area (TPSA) is 99.2 Å². The summed E-state index contributed by atoms with van der Waals surface area (Å²) in [5.41, 5.74) is -0.984. The Labute approximate surface area is 181 Å². The summed E-state index contributed by atoms with van der Waals surface area (Å²) in [6, 6.07) is 10.5. The van der Waals surface area contributed by atoms with Gasteiger partial charge in [-0.15, -0.1) is 0 Å². The van der Waals surface area contributed by atoms with Crippen LogP contribution >= 0.6 is 0 Å². The lowest BCUT2D eigenvalue weighted by molar-refractivity contribution is -0.144. The average molecular weight is 448 g/mol. The molecule has 8 nitrogen and oxygen atoms in total. The maximum Gasteiger partial charge on any atom is 0.333 e. The number of aldehydes is 1. The summed E-state index contributed by atoms with van der Waals surface area (Å²) in [7, 11) is -1.09. The maximum absolute atomic E-state index is 13.4. The highest BCUT2D eigenvalue weighted by Gasteiger charge is 2.53. The van der Waals surface area contributed by atoms with Crippen LogP contribution in [0.3, 0.4) is 0 Å². The number of carbonyl (C=O) groups is 2. The fraction of sp³-hybridized carbons (Fsp3) is 0.364. The van der Waals surface area contributed by atoms with E-state index in [0.717, 1.165) is 0 Å². The zero-order chi connectivity index (χ0) is 22.6. The van der Waals surface area contributed by atoms with E-state index in [1.54, 1.807) is 25.1 Å². The zero-order valence-corrected chi connectivity index (χ0v) is 18.5. The molecular weight excluding hydrogens is 422 g/mol. The van der Waals surface area contributed by atoms with E-state index in [-0.39, 0.29) is 29.4 Å². The Balaban J connectivity index is 1.97. The Kier molecular flexibility index (Phi) is 6.66. The molecule has 2 aromatic carbocycles. The third kappa shape index (κ3) is 4.03. The van der Waals surface area contributed by atoms with Crippen LogP contribution in [0.4, 0.5) is 0 Å². The van der Waals surface area contributed by atoms with Crippen molar-refractivity contribution >= 4 is 22.3 Å². The molecular formula is C22H25NO7S. The van der Waals surface area contributed by atoms with Crippen molar-refractivity contribution in [3.63, 3.8) is 0 Å². The lowest BCUT2D eigenvalue weighted by Crippen LogP contribution is -2.54. The number of sulfonamides is 1. The van der Waals surface area contributed by atoms with Crippen molar-refractivity contribution in [1.29, 1.82) is 0 Å². The number of benzene rings is 2. The van der Waals surface area contributed by atoms with Crippen LogP contribution in [0, 0.1) is 0 Å².